The number of halogens is 1. The van der Waals surface area contributed by atoms with Crippen molar-refractivity contribution in [1.29, 1.82) is 0 Å². The first-order valence-corrected chi connectivity index (χ1v) is 5.62. The topological polar surface area (TPSA) is 29.1 Å². The smallest absolute Gasteiger partial charge is 0.224 e. The average Bonchev–Trinajstić information content (AvgIpc) is 2.24. The van der Waals surface area contributed by atoms with Crippen molar-refractivity contribution in [2.45, 2.75) is 37.1 Å². The van der Waals surface area contributed by atoms with Crippen LogP contribution >= 0.6 is 11.6 Å². The van der Waals surface area contributed by atoms with Gasteiger partial charge in [-0.1, -0.05) is 0 Å². The molecule has 0 aromatic rings. The first-order chi connectivity index (χ1) is 6.24. The normalized spacial score (nSPS) is 53.3. The molecule has 0 spiro atoms. The summed E-state index contributed by atoms with van der Waals surface area (Å²) in [5.74, 6) is 1.69. The second kappa shape index (κ2) is 2.63. The van der Waals surface area contributed by atoms with Crippen LogP contribution in [-0.4, -0.2) is 17.3 Å². The quantitative estimate of drug-likeness (QED) is 0.589. The third-order valence-corrected chi connectivity index (χ3v) is 4.61. The van der Waals surface area contributed by atoms with Gasteiger partial charge < -0.3 is 5.32 Å². The van der Waals surface area contributed by atoms with Crippen LogP contribution in [0.2, 0.25) is 0 Å². The van der Waals surface area contributed by atoms with Crippen LogP contribution in [0.15, 0.2) is 0 Å². The van der Waals surface area contributed by atoms with Gasteiger partial charge in [0.2, 0.25) is 5.91 Å². The van der Waals surface area contributed by atoms with Gasteiger partial charge in [-0.3, -0.25) is 4.79 Å². The van der Waals surface area contributed by atoms with Crippen molar-refractivity contribution in [3.63, 3.8) is 0 Å². The molecule has 2 aliphatic heterocycles. The van der Waals surface area contributed by atoms with Crippen LogP contribution in [-0.2, 0) is 4.79 Å². The molecule has 2 nitrogen and oxygen atoms in total. The molecule has 3 heteroatoms. The average molecular weight is 200 g/mol. The molecule has 4 aliphatic rings. The predicted molar refractivity (Wildman–Crippen MR) is 50.5 cm³/mol. The molecule has 0 aromatic heterocycles. The first-order valence-electron chi connectivity index (χ1n) is 5.18. The highest BCUT2D eigenvalue weighted by Gasteiger charge is 2.48. The Morgan fingerprint density at radius 1 is 1.23 bits per heavy atom. The van der Waals surface area contributed by atoms with E-state index < -0.39 is 0 Å². The molecular formula is C10H14ClNO. The fraction of sp³-hybridized carbons (Fsp3) is 0.900. The Labute approximate surface area is 83.0 Å². The Bertz CT molecular complexity index is 255. The number of carbonyl (C=O) groups is 1. The zero-order chi connectivity index (χ0) is 9.00. The molecule has 4 unspecified atom stereocenters. The highest BCUT2D eigenvalue weighted by atomic mass is 35.5. The highest BCUT2D eigenvalue weighted by Crippen LogP contribution is 2.47. The molecular weight excluding hydrogens is 186 g/mol. The van der Waals surface area contributed by atoms with Crippen LogP contribution in [0.1, 0.15) is 25.7 Å². The molecule has 1 amide bonds. The molecule has 72 valence electrons. The van der Waals surface area contributed by atoms with Crippen molar-refractivity contribution in [3.8, 4) is 0 Å². The lowest BCUT2D eigenvalue weighted by Gasteiger charge is -2.40. The zero-order valence-corrected chi connectivity index (χ0v) is 8.26. The van der Waals surface area contributed by atoms with Crippen molar-refractivity contribution >= 4 is 17.5 Å². The molecule has 13 heavy (non-hydrogen) atoms. The maximum Gasteiger partial charge on any atom is 0.224 e. The summed E-state index contributed by atoms with van der Waals surface area (Å²) >= 11 is 6.31. The van der Waals surface area contributed by atoms with E-state index in [-0.39, 0.29) is 17.2 Å². The van der Waals surface area contributed by atoms with E-state index in [4.69, 9.17) is 11.6 Å². The van der Waals surface area contributed by atoms with E-state index >= 15 is 0 Å². The van der Waals surface area contributed by atoms with Gasteiger partial charge in [0, 0.05) is 11.4 Å². The van der Waals surface area contributed by atoms with Crippen LogP contribution in [0.25, 0.3) is 0 Å². The molecule has 5 atom stereocenters. The van der Waals surface area contributed by atoms with E-state index in [0.717, 1.165) is 18.8 Å². The number of hydrogen-bond donors (Lipinski definition) is 1. The van der Waals surface area contributed by atoms with E-state index in [1.54, 1.807) is 0 Å². The largest absolute Gasteiger partial charge is 0.353 e. The van der Waals surface area contributed by atoms with E-state index in [2.05, 4.69) is 5.32 Å². The predicted octanol–water partition coefficient (Wildman–Crippen LogP) is 1.53. The fourth-order valence-electron chi connectivity index (χ4n) is 3.43. The number of fused-ring (bicyclic) bond motifs is 1. The van der Waals surface area contributed by atoms with Gasteiger partial charge in [-0.25, -0.2) is 0 Å². The molecule has 1 N–H and O–H groups in total. The molecule has 4 fully saturated rings. The molecule has 2 saturated carbocycles. The van der Waals surface area contributed by atoms with Crippen LogP contribution in [0, 0.1) is 17.8 Å². The minimum Gasteiger partial charge on any atom is -0.353 e. The Morgan fingerprint density at radius 3 is 2.92 bits per heavy atom. The van der Waals surface area contributed by atoms with Gasteiger partial charge in [-0.05, 0) is 37.5 Å². The fourth-order valence-corrected chi connectivity index (χ4v) is 3.86. The minimum absolute atomic E-state index is 0.109. The number of rotatable bonds is 0. The highest BCUT2D eigenvalue weighted by molar-refractivity contribution is 6.22. The summed E-state index contributed by atoms with van der Waals surface area (Å²) in [6.07, 6.45) is 4.61. The summed E-state index contributed by atoms with van der Waals surface area (Å²) in [6.45, 7) is 0. The number of carbonyl (C=O) groups excluding carboxylic acids is 1. The van der Waals surface area contributed by atoms with Crippen molar-refractivity contribution in [3.05, 3.63) is 0 Å². The van der Waals surface area contributed by atoms with Crippen molar-refractivity contribution in [2.24, 2.45) is 17.8 Å². The summed E-state index contributed by atoms with van der Waals surface area (Å²) in [5, 5.41) is 3.22. The minimum atomic E-state index is 0.109. The lowest BCUT2D eigenvalue weighted by molar-refractivity contribution is -0.125. The van der Waals surface area contributed by atoms with E-state index in [9.17, 15) is 4.79 Å². The Kier molecular flexibility index (Phi) is 1.64. The van der Waals surface area contributed by atoms with Crippen molar-refractivity contribution in [2.75, 3.05) is 0 Å². The SMILES string of the molecule is O=C1NC2CC3CC(C2)[C@@H](Cl)C1C3. The molecule has 0 aromatic carbocycles. The number of amides is 1. The summed E-state index contributed by atoms with van der Waals surface area (Å²) in [4.78, 5) is 11.7. The van der Waals surface area contributed by atoms with E-state index in [1.165, 1.54) is 12.8 Å². The first kappa shape index (κ1) is 8.10. The second-order valence-corrected chi connectivity index (χ2v) is 5.33. The lowest BCUT2D eigenvalue weighted by atomic mass is 9.68. The van der Waals surface area contributed by atoms with Gasteiger partial charge in [0.15, 0.2) is 0 Å². The van der Waals surface area contributed by atoms with Crippen LogP contribution in [0.4, 0.5) is 0 Å². The molecule has 2 saturated heterocycles. The van der Waals surface area contributed by atoms with E-state index in [0.29, 0.717) is 12.0 Å². The summed E-state index contributed by atoms with van der Waals surface area (Å²) in [6, 6.07) is 0.435. The van der Waals surface area contributed by atoms with E-state index in [1.807, 2.05) is 0 Å². The van der Waals surface area contributed by atoms with Gasteiger partial charge in [-0.2, -0.15) is 0 Å². The zero-order valence-electron chi connectivity index (χ0n) is 7.50. The number of nitrogens with one attached hydrogen (secondary N) is 1. The maximum absolute atomic E-state index is 11.7. The van der Waals surface area contributed by atoms with Crippen molar-refractivity contribution in [1.82, 2.24) is 5.32 Å². The Morgan fingerprint density at radius 2 is 2.08 bits per heavy atom. The number of alkyl halides is 1. The molecule has 2 heterocycles. The third-order valence-electron chi connectivity index (χ3n) is 3.95. The summed E-state index contributed by atoms with van der Waals surface area (Å²) in [7, 11) is 0. The molecule has 2 aliphatic carbocycles. The van der Waals surface area contributed by atoms with Gasteiger partial charge in [0.1, 0.15) is 0 Å². The van der Waals surface area contributed by atoms with Crippen molar-refractivity contribution < 1.29 is 4.79 Å². The molecule has 4 rings (SSSR count). The van der Waals surface area contributed by atoms with Crippen LogP contribution in [0.3, 0.4) is 0 Å². The Hall–Kier alpha value is -0.240. The van der Waals surface area contributed by atoms with Gasteiger partial charge >= 0.3 is 0 Å². The van der Waals surface area contributed by atoms with Gasteiger partial charge in [0.05, 0.1) is 5.92 Å². The lowest BCUT2D eigenvalue weighted by Crippen LogP contribution is -2.38. The molecule has 0 radical (unpaired) electrons. The van der Waals surface area contributed by atoms with Gasteiger partial charge in [-0.15, -0.1) is 11.6 Å². The molecule has 4 bridgehead atoms. The second-order valence-electron chi connectivity index (χ2n) is 4.83. The maximum atomic E-state index is 11.7. The number of hydrogen-bond acceptors (Lipinski definition) is 1. The van der Waals surface area contributed by atoms with Crippen LogP contribution in [0.5, 0.6) is 0 Å². The summed E-state index contributed by atoms with van der Waals surface area (Å²) in [5.41, 5.74) is 0. The van der Waals surface area contributed by atoms with Gasteiger partial charge in [0.25, 0.3) is 0 Å². The standard InChI is InChI=1S/C10H14ClNO/c11-9-6-1-5-2-7(4-6)12-10(13)8(9)3-5/h5-9H,1-4H2,(H,12,13)/t5?,6?,7?,8?,9-/m1/s1. The Balaban J connectivity index is 1.99. The van der Waals surface area contributed by atoms with Crippen LogP contribution < -0.4 is 5.32 Å². The third kappa shape index (κ3) is 1.11. The summed E-state index contributed by atoms with van der Waals surface area (Å²) < 4.78 is 0. The monoisotopic (exact) mass is 199 g/mol.